The standard InChI is InChI=1S/C22H33N3O4S/c1-15(2)13-20(22(27)23-18-7-5-4-6-8-18)24-30(28,29)19-9-10-21-17(14-19)11-12-25(21)16(3)26/h9-10,14-15,18,20,24H,4-8,11-13H2,1-3H3,(H,23,27)/t20-/m0/s1. The maximum absolute atomic E-state index is 13.1. The summed E-state index contributed by atoms with van der Waals surface area (Å²) in [6.45, 7) is 6.01. The summed E-state index contributed by atoms with van der Waals surface area (Å²) in [6.07, 6.45) is 6.33. The zero-order chi connectivity index (χ0) is 21.9. The molecule has 2 N–H and O–H groups in total. The lowest BCUT2D eigenvalue weighted by Crippen LogP contribution is -2.50. The maximum Gasteiger partial charge on any atom is 0.241 e. The number of nitrogens with zero attached hydrogens (tertiary/aromatic N) is 1. The molecule has 1 fully saturated rings. The molecule has 1 aromatic carbocycles. The molecule has 2 amide bonds. The molecule has 0 spiro atoms. The maximum atomic E-state index is 13.1. The highest BCUT2D eigenvalue weighted by Gasteiger charge is 2.30. The summed E-state index contributed by atoms with van der Waals surface area (Å²) in [5, 5.41) is 3.05. The van der Waals surface area contributed by atoms with Gasteiger partial charge in [-0.2, -0.15) is 4.72 Å². The third-order valence-corrected chi connectivity index (χ3v) is 7.38. The number of rotatable bonds is 7. The molecule has 3 rings (SSSR count). The normalized spacial score (nSPS) is 18.3. The van der Waals surface area contributed by atoms with Crippen LogP contribution in [0.2, 0.25) is 0 Å². The second kappa shape index (κ2) is 9.47. The first-order chi connectivity index (χ1) is 14.2. The molecule has 0 aromatic heterocycles. The topological polar surface area (TPSA) is 95.6 Å². The Labute approximate surface area is 179 Å². The van der Waals surface area contributed by atoms with Crippen molar-refractivity contribution < 1.29 is 18.0 Å². The number of hydrogen-bond acceptors (Lipinski definition) is 4. The molecular weight excluding hydrogens is 402 g/mol. The van der Waals surface area contributed by atoms with Crippen LogP contribution < -0.4 is 14.9 Å². The molecule has 7 nitrogen and oxygen atoms in total. The van der Waals surface area contributed by atoms with Gasteiger partial charge < -0.3 is 10.2 Å². The largest absolute Gasteiger partial charge is 0.352 e. The van der Waals surface area contributed by atoms with E-state index in [-0.39, 0.29) is 28.7 Å². The van der Waals surface area contributed by atoms with Crippen LogP contribution in [-0.4, -0.2) is 38.9 Å². The monoisotopic (exact) mass is 435 g/mol. The van der Waals surface area contributed by atoms with Crippen molar-refractivity contribution >= 4 is 27.5 Å². The number of amides is 2. The highest BCUT2D eigenvalue weighted by molar-refractivity contribution is 7.89. The fourth-order valence-electron chi connectivity index (χ4n) is 4.36. The number of anilines is 1. The van der Waals surface area contributed by atoms with Gasteiger partial charge in [0.05, 0.1) is 4.90 Å². The number of carbonyl (C=O) groups excluding carboxylic acids is 2. The van der Waals surface area contributed by atoms with Crippen molar-refractivity contribution in [1.82, 2.24) is 10.0 Å². The molecule has 2 aliphatic rings. The van der Waals surface area contributed by atoms with Crippen molar-refractivity contribution in [3.63, 3.8) is 0 Å². The molecule has 1 saturated carbocycles. The number of hydrogen-bond donors (Lipinski definition) is 2. The smallest absolute Gasteiger partial charge is 0.241 e. The van der Waals surface area contributed by atoms with Gasteiger partial charge in [-0.1, -0.05) is 33.1 Å². The third kappa shape index (κ3) is 5.40. The molecule has 0 saturated heterocycles. The Morgan fingerprint density at radius 3 is 2.50 bits per heavy atom. The number of sulfonamides is 1. The van der Waals surface area contributed by atoms with Crippen molar-refractivity contribution in [2.45, 2.75) is 82.7 Å². The number of benzene rings is 1. The first-order valence-corrected chi connectivity index (χ1v) is 12.4. The summed E-state index contributed by atoms with van der Waals surface area (Å²) in [6, 6.07) is 4.12. The number of fused-ring (bicyclic) bond motifs is 1. The average molecular weight is 436 g/mol. The Hall–Kier alpha value is -1.93. The van der Waals surface area contributed by atoms with Gasteiger partial charge in [0.25, 0.3) is 0 Å². The first kappa shape index (κ1) is 22.7. The van der Waals surface area contributed by atoms with Crippen LogP contribution >= 0.6 is 0 Å². The van der Waals surface area contributed by atoms with Gasteiger partial charge in [0.2, 0.25) is 21.8 Å². The molecule has 8 heteroatoms. The van der Waals surface area contributed by atoms with E-state index in [9.17, 15) is 18.0 Å². The second-order valence-corrected chi connectivity index (χ2v) is 10.6. The molecule has 0 unspecified atom stereocenters. The molecule has 0 radical (unpaired) electrons. The van der Waals surface area contributed by atoms with Crippen LogP contribution in [0.3, 0.4) is 0 Å². The van der Waals surface area contributed by atoms with Crippen molar-refractivity contribution in [2.24, 2.45) is 5.92 Å². The lowest BCUT2D eigenvalue weighted by Gasteiger charge is -2.26. The zero-order valence-electron chi connectivity index (χ0n) is 18.1. The molecule has 1 heterocycles. The Morgan fingerprint density at radius 2 is 1.87 bits per heavy atom. The highest BCUT2D eigenvalue weighted by atomic mass is 32.2. The van der Waals surface area contributed by atoms with E-state index >= 15 is 0 Å². The van der Waals surface area contributed by atoms with E-state index in [1.807, 2.05) is 13.8 Å². The van der Waals surface area contributed by atoms with E-state index in [0.717, 1.165) is 36.9 Å². The van der Waals surface area contributed by atoms with E-state index < -0.39 is 16.1 Å². The first-order valence-electron chi connectivity index (χ1n) is 10.9. The summed E-state index contributed by atoms with van der Waals surface area (Å²) in [5.74, 6) is -0.138. The van der Waals surface area contributed by atoms with Crippen molar-refractivity contribution in [3.8, 4) is 0 Å². The van der Waals surface area contributed by atoms with E-state index in [4.69, 9.17) is 0 Å². The van der Waals surface area contributed by atoms with Gasteiger partial charge in [0.1, 0.15) is 6.04 Å². The van der Waals surface area contributed by atoms with E-state index in [1.54, 1.807) is 17.0 Å². The summed E-state index contributed by atoms with van der Waals surface area (Å²) >= 11 is 0. The zero-order valence-corrected chi connectivity index (χ0v) is 18.9. The van der Waals surface area contributed by atoms with Crippen LogP contribution in [0.4, 0.5) is 5.69 Å². The number of nitrogens with one attached hydrogen (secondary N) is 2. The van der Waals surface area contributed by atoms with Crippen molar-refractivity contribution in [2.75, 3.05) is 11.4 Å². The third-order valence-electron chi connectivity index (χ3n) is 5.91. The second-order valence-electron chi connectivity index (χ2n) is 8.86. The van der Waals surface area contributed by atoms with Gasteiger partial charge in [-0.05, 0) is 55.4 Å². The Morgan fingerprint density at radius 1 is 1.17 bits per heavy atom. The minimum Gasteiger partial charge on any atom is -0.352 e. The molecule has 166 valence electrons. The van der Waals surface area contributed by atoms with Crippen LogP contribution in [0.5, 0.6) is 0 Å². The van der Waals surface area contributed by atoms with Gasteiger partial charge in [-0.15, -0.1) is 0 Å². The Bertz CT molecular complexity index is 892. The van der Waals surface area contributed by atoms with E-state index in [2.05, 4.69) is 10.0 Å². The summed E-state index contributed by atoms with van der Waals surface area (Å²) in [4.78, 5) is 26.4. The fourth-order valence-corrected chi connectivity index (χ4v) is 5.61. The lowest BCUT2D eigenvalue weighted by atomic mass is 9.95. The minimum absolute atomic E-state index is 0.0566. The van der Waals surface area contributed by atoms with E-state index in [1.165, 1.54) is 19.4 Å². The fraction of sp³-hybridized carbons (Fsp3) is 0.636. The predicted octanol–water partition coefficient (Wildman–Crippen LogP) is 2.74. The summed E-state index contributed by atoms with van der Waals surface area (Å²) < 4.78 is 28.8. The summed E-state index contributed by atoms with van der Waals surface area (Å²) in [7, 11) is -3.86. The molecule has 1 aromatic rings. The molecule has 30 heavy (non-hydrogen) atoms. The molecule has 1 atom stereocenters. The van der Waals surface area contributed by atoms with E-state index in [0.29, 0.717) is 19.4 Å². The van der Waals surface area contributed by atoms with Crippen LogP contribution in [-0.2, 0) is 26.0 Å². The lowest BCUT2D eigenvalue weighted by molar-refractivity contribution is -0.124. The van der Waals surface area contributed by atoms with Crippen LogP contribution in [0.15, 0.2) is 23.1 Å². The molecular formula is C22H33N3O4S. The van der Waals surface area contributed by atoms with Gasteiger partial charge in [-0.25, -0.2) is 8.42 Å². The predicted molar refractivity (Wildman–Crippen MR) is 117 cm³/mol. The molecule has 0 bridgehead atoms. The quantitative estimate of drug-likeness (QED) is 0.688. The van der Waals surface area contributed by atoms with Gasteiger partial charge >= 0.3 is 0 Å². The SMILES string of the molecule is CC(=O)N1CCc2cc(S(=O)(=O)N[C@@H](CC(C)C)C(=O)NC3CCCCC3)ccc21. The number of carbonyl (C=O) groups is 2. The van der Waals surface area contributed by atoms with Gasteiger partial charge in [0, 0.05) is 25.2 Å². The average Bonchev–Trinajstić information content (AvgIpc) is 3.11. The van der Waals surface area contributed by atoms with Crippen LogP contribution in [0.1, 0.15) is 64.9 Å². The highest BCUT2D eigenvalue weighted by Crippen LogP contribution is 2.30. The Balaban J connectivity index is 1.76. The van der Waals surface area contributed by atoms with Crippen LogP contribution in [0, 0.1) is 5.92 Å². The molecule has 1 aliphatic heterocycles. The Kier molecular flexibility index (Phi) is 7.18. The van der Waals surface area contributed by atoms with Crippen molar-refractivity contribution in [1.29, 1.82) is 0 Å². The van der Waals surface area contributed by atoms with Gasteiger partial charge in [-0.3, -0.25) is 9.59 Å². The molecule has 1 aliphatic carbocycles. The summed E-state index contributed by atoms with van der Waals surface area (Å²) in [5.41, 5.74) is 1.59. The minimum atomic E-state index is -3.86. The van der Waals surface area contributed by atoms with Crippen LogP contribution in [0.25, 0.3) is 0 Å². The van der Waals surface area contributed by atoms with Crippen molar-refractivity contribution in [3.05, 3.63) is 23.8 Å². The van der Waals surface area contributed by atoms with Gasteiger partial charge in [0.15, 0.2) is 0 Å².